The number of benzene rings is 2. The second-order valence-corrected chi connectivity index (χ2v) is 8.14. The molecule has 0 spiro atoms. The summed E-state index contributed by atoms with van der Waals surface area (Å²) in [6, 6.07) is 15.6. The van der Waals surface area contributed by atoms with Crippen molar-refractivity contribution in [2.45, 2.75) is 0 Å². The molecule has 0 aromatic heterocycles. The molecule has 184 valence electrons. The quantitative estimate of drug-likeness (QED) is 0.586. The third-order valence-electron chi connectivity index (χ3n) is 5.34. The first kappa shape index (κ1) is 26.1. The zero-order chi connectivity index (χ0) is 25.2. The number of morpholine rings is 1. The number of rotatable bonds is 6. The predicted molar refractivity (Wildman–Crippen MR) is 132 cm³/mol. The second-order valence-electron chi connectivity index (χ2n) is 7.70. The fourth-order valence-corrected chi connectivity index (χ4v) is 3.85. The Labute approximate surface area is 207 Å². The van der Waals surface area contributed by atoms with Gasteiger partial charge in [-0.1, -0.05) is 41.9 Å². The lowest BCUT2D eigenvalue weighted by Crippen LogP contribution is -2.43. The number of hydrogen-bond donors (Lipinski definition) is 2. The Bertz CT molecular complexity index is 1100. The summed E-state index contributed by atoms with van der Waals surface area (Å²) in [5, 5.41) is 16.3. The maximum Gasteiger partial charge on any atom is 0.328 e. The first-order chi connectivity index (χ1) is 16.8. The molecule has 2 aromatic rings. The summed E-state index contributed by atoms with van der Waals surface area (Å²) in [6.07, 6.45) is 1.12. The van der Waals surface area contributed by atoms with E-state index in [0.29, 0.717) is 23.7 Å². The minimum Gasteiger partial charge on any atom is -0.478 e. The number of benzodiazepines with no additional fused rings is 1. The van der Waals surface area contributed by atoms with Crippen LogP contribution in [0.5, 0.6) is 0 Å². The Morgan fingerprint density at radius 1 is 1.00 bits per heavy atom. The molecule has 1 fully saturated rings. The van der Waals surface area contributed by atoms with Crippen molar-refractivity contribution in [1.29, 1.82) is 0 Å². The summed E-state index contributed by atoms with van der Waals surface area (Å²) < 4.78 is 5.41. The minimum absolute atomic E-state index is 0.0118. The van der Waals surface area contributed by atoms with E-state index < -0.39 is 11.9 Å². The van der Waals surface area contributed by atoms with Gasteiger partial charge in [0.25, 0.3) is 0 Å². The molecule has 2 aliphatic heterocycles. The lowest BCUT2D eigenvalue weighted by atomic mass is 10.00. The third-order valence-corrected chi connectivity index (χ3v) is 5.57. The van der Waals surface area contributed by atoms with Crippen LogP contribution in [0.2, 0.25) is 5.02 Å². The van der Waals surface area contributed by atoms with E-state index in [2.05, 4.69) is 9.89 Å². The van der Waals surface area contributed by atoms with Gasteiger partial charge in [0.2, 0.25) is 5.91 Å². The SMILES string of the molecule is O=C(O)C=CC(=O)O.O=C1CN=C(c2ccccc2)c2cc(Cl)ccc2N1CCN1CCOCC1. The van der Waals surface area contributed by atoms with Gasteiger partial charge in [-0.15, -0.1) is 0 Å². The molecule has 2 N–H and O–H groups in total. The van der Waals surface area contributed by atoms with Gasteiger partial charge in [-0.3, -0.25) is 14.7 Å². The van der Waals surface area contributed by atoms with Crippen LogP contribution in [-0.2, 0) is 19.1 Å². The van der Waals surface area contributed by atoms with Crippen molar-refractivity contribution >= 4 is 40.8 Å². The zero-order valence-corrected chi connectivity index (χ0v) is 19.7. The number of ether oxygens (including phenoxy) is 1. The molecular weight excluding hydrogens is 474 g/mol. The number of nitrogens with zero attached hydrogens (tertiary/aromatic N) is 3. The van der Waals surface area contributed by atoms with Crippen molar-refractivity contribution in [3.63, 3.8) is 0 Å². The maximum atomic E-state index is 12.9. The Morgan fingerprint density at radius 2 is 1.66 bits per heavy atom. The maximum absolute atomic E-state index is 12.9. The second kappa shape index (κ2) is 12.8. The average Bonchev–Trinajstić information content (AvgIpc) is 2.98. The molecular formula is C25H26ClN3O6. The molecule has 2 heterocycles. The first-order valence-electron chi connectivity index (χ1n) is 11.0. The van der Waals surface area contributed by atoms with Crippen molar-refractivity contribution in [1.82, 2.24) is 4.90 Å². The molecule has 9 nitrogen and oxygen atoms in total. The van der Waals surface area contributed by atoms with E-state index in [0.717, 1.165) is 55.4 Å². The molecule has 10 heteroatoms. The number of fused-ring (bicyclic) bond motifs is 1. The number of carboxylic acids is 2. The van der Waals surface area contributed by atoms with E-state index in [-0.39, 0.29) is 12.5 Å². The lowest BCUT2D eigenvalue weighted by molar-refractivity contribution is -0.134. The minimum atomic E-state index is -1.26. The van der Waals surface area contributed by atoms with E-state index in [4.69, 9.17) is 26.6 Å². The topological polar surface area (TPSA) is 120 Å². The summed E-state index contributed by atoms with van der Waals surface area (Å²) in [6.45, 7) is 4.90. The summed E-state index contributed by atoms with van der Waals surface area (Å²) in [4.78, 5) is 40.8. The van der Waals surface area contributed by atoms with Crippen LogP contribution < -0.4 is 4.90 Å². The normalized spacial score (nSPS) is 16.1. The number of hydrogen-bond acceptors (Lipinski definition) is 6. The van der Waals surface area contributed by atoms with Crippen LogP contribution in [0.1, 0.15) is 11.1 Å². The highest BCUT2D eigenvalue weighted by atomic mass is 35.5. The number of anilines is 1. The number of amides is 1. The van der Waals surface area contributed by atoms with E-state index in [1.807, 2.05) is 53.4 Å². The number of aliphatic imine (C=N–C) groups is 1. The van der Waals surface area contributed by atoms with E-state index in [1.54, 1.807) is 0 Å². The fraction of sp³-hybridized carbons (Fsp3) is 0.280. The highest BCUT2D eigenvalue weighted by Gasteiger charge is 2.26. The molecule has 4 rings (SSSR count). The Kier molecular flexibility index (Phi) is 9.54. The van der Waals surface area contributed by atoms with Crippen LogP contribution >= 0.6 is 11.6 Å². The predicted octanol–water partition coefficient (Wildman–Crippen LogP) is 2.57. The first-order valence-corrected chi connectivity index (χ1v) is 11.4. The largest absolute Gasteiger partial charge is 0.478 e. The number of halogens is 1. The van der Waals surface area contributed by atoms with Gasteiger partial charge >= 0.3 is 11.9 Å². The highest BCUT2D eigenvalue weighted by Crippen LogP contribution is 2.29. The van der Waals surface area contributed by atoms with Crippen LogP contribution in [0, 0.1) is 0 Å². The molecule has 0 radical (unpaired) electrons. The standard InChI is InChI=1S/C21H22ClN3O2.C4H4O4/c22-17-6-7-19-18(14-17)21(16-4-2-1-3-5-16)23-15-20(26)25(19)9-8-24-10-12-27-13-11-24;5-3(6)1-2-4(7)8/h1-7,14H,8-13,15H2;1-2H,(H,5,6)(H,7,8). The third kappa shape index (κ3) is 7.74. The van der Waals surface area contributed by atoms with Gasteiger partial charge in [-0.2, -0.15) is 0 Å². The molecule has 0 aliphatic carbocycles. The van der Waals surface area contributed by atoms with Gasteiger partial charge < -0.3 is 19.8 Å². The Balaban J connectivity index is 0.000000371. The molecule has 2 aromatic carbocycles. The van der Waals surface area contributed by atoms with E-state index >= 15 is 0 Å². The van der Waals surface area contributed by atoms with Gasteiger partial charge in [0, 0.05) is 54.5 Å². The Hall–Kier alpha value is -3.53. The molecule has 1 amide bonds. The summed E-state index contributed by atoms with van der Waals surface area (Å²) in [5.41, 5.74) is 3.58. The molecule has 0 atom stereocenters. The Morgan fingerprint density at radius 3 is 2.29 bits per heavy atom. The van der Waals surface area contributed by atoms with Gasteiger partial charge in [0.1, 0.15) is 6.54 Å². The number of carbonyl (C=O) groups excluding carboxylic acids is 1. The van der Waals surface area contributed by atoms with Crippen molar-refractivity contribution in [2.24, 2.45) is 4.99 Å². The summed E-state index contributed by atoms with van der Waals surface area (Å²) >= 11 is 6.29. The molecule has 1 saturated heterocycles. The molecule has 0 bridgehead atoms. The van der Waals surface area contributed by atoms with Crippen LogP contribution in [-0.4, -0.2) is 84.6 Å². The number of aliphatic carboxylic acids is 2. The number of carboxylic acid groups (broad SMARTS) is 2. The molecule has 35 heavy (non-hydrogen) atoms. The van der Waals surface area contributed by atoms with Crippen molar-refractivity contribution < 1.29 is 29.3 Å². The van der Waals surface area contributed by atoms with Gasteiger partial charge in [-0.25, -0.2) is 9.59 Å². The average molecular weight is 500 g/mol. The van der Waals surface area contributed by atoms with Crippen LogP contribution in [0.15, 0.2) is 65.7 Å². The fourth-order valence-electron chi connectivity index (χ4n) is 3.68. The molecule has 0 saturated carbocycles. The van der Waals surface area contributed by atoms with E-state index in [9.17, 15) is 14.4 Å². The molecule has 2 aliphatic rings. The van der Waals surface area contributed by atoms with Crippen LogP contribution in [0.3, 0.4) is 0 Å². The van der Waals surface area contributed by atoms with Gasteiger partial charge in [0.05, 0.1) is 24.6 Å². The van der Waals surface area contributed by atoms with Gasteiger partial charge in [0.15, 0.2) is 0 Å². The van der Waals surface area contributed by atoms with Crippen LogP contribution in [0.25, 0.3) is 0 Å². The lowest BCUT2D eigenvalue weighted by Gasteiger charge is -2.30. The molecule has 0 unspecified atom stereocenters. The smallest absolute Gasteiger partial charge is 0.328 e. The highest BCUT2D eigenvalue weighted by molar-refractivity contribution is 6.32. The van der Waals surface area contributed by atoms with Gasteiger partial charge in [-0.05, 0) is 18.2 Å². The summed E-state index contributed by atoms with van der Waals surface area (Å²) in [7, 11) is 0. The van der Waals surface area contributed by atoms with Crippen molar-refractivity contribution in [3.05, 3.63) is 76.8 Å². The number of carbonyl (C=O) groups is 3. The van der Waals surface area contributed by atoms with Crippen molar-refractivity contribution in [3.8, 4) is 0 Å². The monoisotopic (exact) mass is 499 g/mol. The zero-order valence-electron chi connectivity index (χ0n) is 19.0. The van der Waals surface area contributed by atoms with Crippen LogP contribution in [0.4, 0.5) is 5.69 Å². The summed E-state index contributed by atoms with van der Waals surface area (Å²) in [5.74, 6) is -2.50. The van der Waals surface area contributed by atoms with E-state index in [1.165, 1.54) is 0 Å². The van der Waals surface area contributed by atoms with Crippen molar-refractivity contribution in [2.75, 3.05) is 50.8 Å².